The van der Waals surface area contributed by atoms with Crippen LogP contribution < -0.4 is 5.32 Å². The van der Waals surface area contributed by atoms with Crippen molar-refractivity contribution in [2.45, 2.75) is 13.8 Å². The predicted octanol–water partition coefficient (Wildman–Crippen LogP) is 5.23. The number of pyridine rings is 1. The number of anilines is 1. The molecule has 0 atom stereocenters. The van der Waals surface area contributed by atoms with E-state index in [4.69, 9.17) is 0 Å². The van der Waals surface area contributed by atoms with Crippen molar-refractivity contribution in [1.29, 1.82) is 0 Å². The van der Waals surface area contributed by atoms with E-state index in [-0.39, 0.29) is 5.91 Å². The lowest BCUT2D eigenvalue weighted by Gasteiger charge is -2.07. The van der Waals surface area contributed by atoms with Crippen molar-refractivity contribution in [2.75, 3.05) is 5.32 Å². The fraction of sp³-hybridized carbons (Fsp3) is 0.0952. The van der Waals surface area contributed by atoms with E-state index in [0.29, 0.717) is 5.56 Å². The zero-order valence-corrected chi connectivity index (χ0v) is 15.3. The Hall–Kier alpha value is -3.05. The van der Waals surface area contributed by atoms with E-state index in [1.165, 1.54) is 0 Å². The summed E-state index contributed by atoms with van der Waals surface area (Å²) in [5.74, 6) is -0.103. The average molecular weight is 359 g/mol. The fourth-order valence-corrected chi connectivity index (χ4v) is 3.81. The van der Waals surface area contributed by atoms with Crippen LogP contribution in [0.15, 0.2) is 60.8 Å². The molecule has 2 aromatic heterocycles. The van der Waals surface area contributed by atoms with Crippen molar-refractivity contribution >= 4 is 33.3 Å². The number of carbonyl (C=O) groups excluding carboxylic acids is 1. The molecule has 0 radical (unpaired) electrons. The van der Waals surface area contributed by atoms with E-state index in [1.807, 2.05) is 62.4 Å². The normalized spacial score (nSPS) is 10.8. The first-order chi connectivity index (χ1) is 12.6. The molecule has 0 saturated heterocycles. The van der Waals surface area contributed by atoms with Gasteiger partial charge in [0.05, 0.1) is 0 Å². The maximum absolute atomic E-state index is 12.5. The number of nitrogens with one attached hydrogen (secondary N) is 1. The fourth-order valence-electron chi connectivity index (χ4n) is 2.90. The van der Waals surface area contributed by atoms with Crippen LogP contribution in [-0.4, -0.2) is 15.9 Å². The van der Waals surface area contributed by atoms with Crippen LogP contribution in [0.5, 0.6) is 0 Å². The molecular weight excluding hydrogens is 342 g/mol. The average Bonchev–Trinajstić information content (AvgIpc) is 3.05. The number of fused-ring (bicyclic) bond motifs is 1. The van der Waals surface area contributed by atoms with Crippen LogP contribution in [0.25, 0.3) is 20.9 Å². The molecule has 1 N–H and O–H groups in total. The molecule has 0 bridgehead atoms. The number of rotatable bonds is 3. The Morgan fingerprint density at radius 2 is 1.73 bits per heavy atom. The Bertz CT molecular complexity index is 1050. The number of thiazole rings is 1. The van der Waals surface area contributed by atoms with E-state index in [0.717, 1.165) is 37.7 Å². The molecule has 0 spiro atoms. The number of aromatic nitrogens is 2. The van der Waals surface area contributed by atoms with E-state index in [2.05, 4.69) is 21.4 Å². The number of hydrogen-bond donors (Lipinski definition) is 1. The quantitative estimate of drug-likeness (QED) is 0.545. The number of benzene rings is 2. The largest absolute Gasteiger partial charge is 0.322 e. The standard InChI is InChI=1S/C21H17N3OS/c1-13-10-14(2)12-16(11-13)19(25)23-17-7-5-15(6-8-17)20-24-18-4-3-9-22-21(18)26-20/h3-12H,1-2H3,(H,23,25). The molecule has 4 aromatic rings. The Morgan fingerprint density at radius 3 is 2.42 bits per heavy atom. The Labute approximate surface area is 155 Å². The van der Waals surface area contributed by atoms with Gasteiger partial charge in [-0.15, -0.1) is 0 Å². The molecule has 0 unspecified atom stereocenters. The molecule has 2 heterocycles. The van der Waals surface area contributed by atoms with Gasteiger partial charge in [-0.3, -0.25) is 4.79 Å². The first kappa shape index (κ1) is 16.4. The minimum Gasteiger partial charge on any atom is -0.322 e. The van der Waals surface area contributed by atoms with Gasteiger partial charge in [-0.05, 0) is 62.4 Å². The molecule has 0 aliphatic carbocycles. The Morgan fingerprint density at radius 1 is 1.00 bits per heavy atom. The van der Waals surface area contributed by atoms with Crippen LogP contribution in [0, 0.1) is 13.8 Å². The summed E-state index contributed by atoms with van der Waals surface area (Å²) in [6.45, 7) is 3.98. The summed E-state index contributed by atoms with van der Waals surface area (Å²) in [5, 5.41) is 3.87. The first-order valence-corrected chi connectivity index (χ1v) is 9.12. The number of carbonyl (C=O) groups is 1. The van der Waals surface area contributed by atoms with Gasteiger partial charge in [-0.1, -0.05) is 28.5 Å². The minimum atomic E-state index is -0.103. The van der Waals surface area contributed by atoms with E-state index >= 15 is 0 Å². The van der Waals surface area contributed by atoms with E-state index in [1.54, 1.807) is 17.5 Å². The summed E-state index contributed by atoms with van der Waals surface area (Å²) in [7, 11) is 0. The molecule has 128 valence electrons. The van der Waals surface area contributed by atoms with Crippen LogP contribution >= 0.6 is 11.3 Å². The van der Waals surface area contributed by atoms with Gasteiger partial charge >= 0.3 is 0 Å². The van der Waals surface area contributed by atoms with E-state index < -0.39 is 0 Å². The lowest BCUT2D eigenvalue weighted by atomic mass is 10.1. The molecular formula is C21H17N3OS. The number of aryl methyl sites for hydroxylation is 2. The van der Waals surface area contributed by atoms with Crippen LogP contribution in [0.1, 0.15) is 21.5 Å². The topological polar surface area (TPSA) is 54.9 Å². The molecule has 0 fully saturated rings. The number of amides is 1. The van der Waals surface area contributed by atoms with Gasteiger partial charge in [-0.25, -0.2) is 9.97 Å². The van der Waals surface area contributed by atoms with Crippen LogP contribution in [0.4, 0.5) is 5.69 Å². The summed E-state index contributed by atoms with van der Waals surface area (Å²) in [6.07, 6.45) is 1.77. The Kier molecular flexibility index (Phi) is 4.22. The van der Waals surface area contributed by atoms with Gasteiger partial charge in [0.15, 0.2) is 0 Å². The smallest absolute Gasteiger partial charge is 0.255 e. The predicted molar refractivity (Wildman–Crippen MR) is 107 cm³/mol. The van der Waals surface area contributed by atoms with Gasteiger partial charge in [0, 0.05) is 23.0 Å². The second-order valence-corrected chi connectivity index (χ2v) is 7.23. The van der Waals surface area contributed by atoms with Crippen molar-refractivity contribution in [3.8, 4) is 10.6 Å². The maximum atomic E-state index is 12.5. The van der Waals surface area contributed by atoms with Crippen LogP contribution in [-0.2, 0) is 0 Å². The zero-order chi connectivity index (χ0) is 18.1. The highest BCUT2D eigenvalue weighted by Gasteiger charge is 2.09. The second-order valence-electron chi connectivity index (χ2n) is 6.25. The number of nitrogens with zero attached hydrogens (tertiary/aromatic N) is 2. The van der Waals surface area contributed by atoms with Crippen molar-refractivity contribution in [3.63, 3.8) is 0 Å². The second kappa shape index (κ2) is 6.69. The van der Waals surface area contributed by atoms with Crippen LogP contribution in [0.3, 0.4) is 0 Å². The molecule has 1 amide bonds. The molecule has 0 aliphatic heterocycles. The van der Waals surface area contributed by atoms with Crippen molar-refractivity contribution in [3.05, 3.63) is 77.5 Å². The molecule has 0 aliphatic rings. The zero-order valence-electron chi connectivity index (χ0n) is 14.5. The van der Waals surface area contributed by atoms with Gasteiger partial charge in [0.2, 0.25) is 0 Å². The summed E-state index contributed by atoms with van der Waals surface area (Å²) >= 11 is 1.56. The Balaban J connectivity index is 1.55. The summed E-state index contributed by atoms with van der Waals surface area (Å²) in [4.78, 5) is 22.3. The van der Waals surface area contributed by atoms with Crippen LogP contribution in [0.2, 0.25) is 0 Å². The first-order valence-electron chi connectivity index (χ1n) is 8.30. The van der Waals surface area contributed by atoms with Gasteiger partial charge in [-0.2, -0.15) is 0 Å². The van der Waals surface area contributed by atoms with Crippen molar-refractivity contribution < 1.29 is 4.79 Å². The third-order valence-corrected chi connectivity index (χ3v) is 5.07. The lowest BCUT2D eigenvalue weighted by Crippen LogP contribution is -2.12. The molecule has 4 nitrogen and oxygen atoms in total. The minimum absolute atomic E-state index is 0.103. The molecule has 4 rings (SSSR count). The third kappa shape index (κ3) is 3.34. The SMILES string of the molecule is Cc1cc(C)cc(C(=O)Nc2ccc(-c3nc4cccnc4s3)cc2)c1. The lowest BCUT2D eigenvalue weighted by molar-refractivity contribution is 0.102. The maximum Gasteiger partial charge on any atom is 0.255 e. The summed E-state index contributed by atoms with van der Waals surface area (Å²) in [6, 6.07) is 17.4. The van der Waals surface area contributed by atoms with Gasteiger partial charge in [0.25, 0.3) is 5.91 Å². The molecule has 26 heavy (non-hydrogen) atoms. The highest BCUT2D eigenvalue weighted by molar-refractivity contribution is 7.21. The summed E-state index contributed by atoms with van der Waals surface area (Å²) < 4.78 is 0. The monoisotopic (exact) mass is 359 g/mol. The highest BCUT2D eigenvalue weighted by atomic mass is 32.1. The van der Waals surface area contributed by atoms with Gasteiger partial charge < -0.3 is 5.32 Å². The molecule has 2 aromatic carbocycles. The van der Waals surface area contributed by atoms with E-state index in [9.17, 15) is 4.79 Å². The number of hydrogen-bond acceptors (Lipinski definition) is 4. The van der Waals surface area contributed by atoms with Crippen molar-refractivity contribution in [1.82, 2.24) is 9.97 Å². The van der Waals surface area contributed by atoms with Crippen molar-refractivity contribution in [2.24, 2.45) is 0 Å². The highest BCUT2D eigenvalue weighted by Crippen LogP contribution is 2.29. The van der Waals surface area contributed by atoms with Gasteiger partial charge in [0.1, 0.15) is 15.4 Å². The molecule has 0 saturated carbocycles. The molecule has 5 heteroatoms. The third-order valence-electron chi connectivity index (χ3n) is 4.04. The summed E-state index contributed by atoms with van der Waals surface area (Å²) in [5.41, 5.74) is 5.50.